The van der Waals surface area contributed by atoms with Crippen molar-refractivity contribution in [3.05, 3.63) is 0 Å². The van der Waals surface area contributed by atoms with E-state index in [0.717, 1.165) is 0 Å². The van der Waals surface area contributed by atoms with Crippen LogP contribution in [0.5, 0.6) is 0 Å². The largest absolute Gasteiger partial charge is 1.00 e. The van der Waals surface area contributed by atoms with Crippen LogP contribution >= 0.6 is 0 Å². The third-order valence-corrected chi connectivity index (χ3v) is 0. The first-order chi connectivity index (χ1) is 43.3. The summed E-state index contributed by atoms with van der Waals surface area (Å²) in [5.41, 5.74) is 0. The van der Waals surface area contributed by atoms with Crippen LogP contribution in [-0.4, -0.2) is 421 Å². The fourth-order valence-corrected chi connectivity index (χ4v) is 0. The van der Waals surface area contributed by atoms with Crippen LogP contribution < -0.4 is 344 Å². The van der Waals surface area contributed by atoms with E-state index in [1.807, 2.05) is 0 Å². The van der Waals surface area contributed by atoms with Gasteiger partial charge >= 0.3 is 479 Å². The summed E-state index contributed by atoms with van der Waals surface area (Å²) >= 11 is 0. The molecule has 0 heterocycles. The Morgan fingerprint density at radius 3 is 0.0909 bits per heavy atom. The van der Waals surface area contributed by atoms with Gasteiger partial charge in [0, 0.05) is 45.9 Å². The second kappa shape index (κ2) is 226. The Kier molecular flexibility index (Phi) is 478. The minimum Gasteiger partial charge on any atom is -0.672 e. The summed E-state index contributed by atoms with van der Waals surface area (Å²) in [7, 11) is -80.7. The van der Waals surface area contributed by atoms with Crippen LogP contribution in [0.15, 0.2) is 0 Å². The van der Waals surface area contributed by atoms with E-state index >= 15 is 0 Å². The average molecular weight is 2170 g/mol. The molecular formula is H40Na10O75Si25. The first-order valence-corrected chi connectivity index (χ1v) is 48.3. The normalized spacial score (nSPS) is 5.45. The fourth-order valence-electron chi connectivity index (χ4n) is 0. The molecule has 0 radical (unpaired) electrons. The van der Waals surface area contributed by atoms with Crippen LogP contribution in [0.25, 0.3) is 0 Å². The Balaban J connectivity index is -0.0000000161. The number of hydrogen-bond donors (Lipinski definition) is 40. The van der Waals surface area contributed by atoms with Gasteiger partial charge in [-0.25, -0.2) is 0 Å². The summed E-state index contributed by atoms with van der Waals surface area (Å²) in [4.78, 5) is 371. The molecule has 0 aromatic rings. The van der Waals surface area contributed by atoms with Crippen LogP contribution in [0.4, 0.5) is 0 Å². The molecule has 0 bridgehead atoms. The maximum atomic E-state index is 8.74. The van der Waals surface area contributed by atoms with Crippen molar-refractivity contribution in [2.24, 2.45) is 0 Å². The molecule has 600 valence electrons. The molecule has 0 aliphatic carbocycles. The molecule has 0 atom stereocenters. The molecule has 0 rings (SSSR count). The maximum Gasteiger partial charge on any atom is 1.00 e. The van der Waals surface area contributed by atoms with E-state index in [2.05, 4.69) is 0 Å². The summed E-state index contributed by atoms with van der Waals surface area (Å²) in [5.74, 6) is 0. The van der Waals surface area contributed by atoms with E-state index in [1.165, 1.54) is 0 Å². The Bertz CT molecular complexity index is 1400. The van der Waals surface area contributed by atoms with Gasteiger partial charge in [0.25, 0.3) is 0 Å². The first kappa shape index (κ1) is 232. The van der Waals surface area contributed by atoms with Gasteiger partial charge in [0.2, 0.25) is 0 Å². The Morgan fingerprint density at radius 2 is 0.0909 bits per heavy atom. The van der Waals surface area contributed by atoms with Crippen molar-refractivity contribution in [1.29, 1.82) is 0 Å². The minimum atomic E-state index is -3.63. The molecule has 0 aromatic carbocycles. The third kappa shape index (κ3) is 7020000. The van der Waals surface area contributed by atoms with E-state index in [9.17, 15) is 0 Å². The van der Waals surface area contributed by atoms with Gasteiger partial charge in [-0.3, -0.25) is 89.2 Å². The molecule has 0 fully saturated rings. The summed E-state index contributed by atoms with van der Waals surface area (Å²) in [6.45, 7) is 0. The summed E-state index contributed by atoms with van der Waals surface area (Å²) in [6, 6.07) is 0. The van der Waals surface area contributed by atoms with Gasteiger partial charge in [-0.1, -0.05) is 0 Å². The van der Waals surface area contributed by atoms with Gasteiger partial charge in [0.1, 0.15) is 0 Å². The molecule has 0 amide bonds. The zero-order valence-corrected chi connectivity index (χ0v) is 99.7. The molecule has 0 spiro atoms. The van der Waals surface area contributed by atoms with E-state index in [4.69, 9.17) is 351 Å². The van der Waals surface area contributed by atoms with Crippen molar-refractivity contribution in [2.75, 3.05) is 0 Å². The Morgan fingerprint density at radius 1 is 0.0909 bits per heavy atom. The van der Waals surface area contributed by atoms with Gasteiger partial charge in [0.15, 0.2) is 0 Å². The van der Waals surface area contributed by atoms with Crippen molar-refractivity contribution >= 4 is 229 Å². The van der Waals surface area contributed by atoms with Gasteiger partial charge in [-0.15, -0.1) is 0 Å². The van der Waals surface area contributed by atoms with Gasteiger partial charge in [-0.05, 0) is 0 Å². The van der Waals surface area contributed by atoms with Crippen LogP contribution in [0.2, 0.25) is 0 Å². The zero-order chi connectivity index (χ0) is 89.4. The monoisotopic (exact) mass is 2170 g/mol. The van der Waals surface area contributed by atoms with Crippen LogP contribution in [0, 0.1) is 0 Å². The number of hydrogen-bond acceptors (Lipinski definition) is 35. The second-order valence-corrected chi connectivity index (χ2v) is 20.7. The topological polar surface area (TPSA) is 1470 Å². The van der Waals surface area contributed by atoms with E-state index in [1.54, 1.807) is 0 Å². The molecule has 0 aromatic heterocycles. The molecule has 0 saturated carbocycles. The molecule has 0 aliphatic rings. The quantitative estimate of drug-likeness (QED) is 0.100. The van der Waals surface area contributed by atoms with E-state index < -0.39 is 229 Å². The standard InChI is InChI=1S/10Na.20H2O3Si.5O3Si/c;;;;;;;;;;25*1-4(2)3/h;;;;;;;;;;20*1-2H;;;;;/q10*+1;;;;;;;;;;;;;;;;;;;;;5*-2. The van der Waals surface area contributed by atoms with Crippen molar-refractivity contribution in [3.8, 4) is 0 Å². The Hall–Kier alpha value is 0.422. The predicted molar refractivity (Wildman–Crippen MR) is 250 cm³/mol. The molecular weight excluding hydrogens is 2130 g/mol. The zero-order valence-electron chi connectivity index (χ0n) is 54.7. The molecule has 110 heavy (non-hydrogen) atoms. The SMILES string of the molecule is O=[Si](O)O.O=[Si](O)O.O=[Si](O)O.O=[Si](O)O.O=[Si](O)O.O=[Si](O)O.O=[Si](O)O.O=[Si](O)O.O=[Si](O)O.O=[Si](O)O.O=[Si](O)O.O=[Si](O)O.O=[Si](O)O.O=[Si](O)O.O=[Si](O)O.O=[Si](O)O.O=[Si](O)O.O=[Si](O)O.O=[Si](O)O.O=[Si](O)O.O=[Si]([O-])[O-].O=[Si]([O-])[O-].O=[Si]([O-])[O-].O=[Si]([O-])[O-].O=[Si]([O-])[O-].[Na+].[Na+].[Na+].[Na+].[Na+].[Na+].[Na+].[Na+].[Na+].[Na+]. The van der Waals surface area contributed by atoms with Crippen LogP contribution in [-0.2, 0) is 112 Å². The van der Waals surface area contributed by atoms with Crippen molar-refractivity contribution in [1.82, 2.24) is 0 Å². The summed E-state index contributed by atoms with van der Waals surface area (Å²) in [5, 5.41) is 0. The maximum absolute atomic E-state index is 8.74. The minimum absolute atomic E-state index is 0. The Labute approximate surface area is 862 Å². The van der Waals surface area contributed by atoms with Gasteiger partial charge < -0.3 is 262 Å². The molecule has 40 N–H and O–H groups in total. The smallest absolute Gasteiger partial charge is 0.672 e. The molecule has 0 aliphatic heterocycles. The summed E-state index contributed by atoms with van der Waals surface area (Å²) < 4.78 is 217. The molecule has 75 nitrogen and oxygen atoms in total. The van der Waals surface area contributed by atoms with Crippen molar-refractivity contribution in [3.63, 3.8) is 0 Å². The van der Waals surface area contributed by atoms with Crippen LogP contribution in [0.3, 0.4) is 0 Å². The first-order valence-electron chi connectivity index (χ1n) is 16.1. The average Bonchev–Trinajstić information content (AvgIpc) is 3.15. The second-order valence-electron chi connectivity index (χ2n) is 6.90. The fraction of sp³-hybridized carbons (Fsp3) is 0. The van der Waals surface area contributed by atoms with E-state index in [-0.39, 0.29) is 296 Å². The van der Waals surface area contributed by atoms with Crippen molar-refractivity contribution < 1.29 is 647 Å². The summed E-state index contributed by atoms with van der Waals surface area (Å²) in [6.07, 6.45) is 0. The van der Waals surface area contributed by atoms with Gasteiger partial charge in [0.05, 0.1) is 0 Å². The number of rotatable bonds is 0. The molecule has 0 unspecified atom stereocenters. The van der Waals surface area contributed by atoms with Crippen LogP contribution in [0.1, 0.15) is 0 Å². The predicted octanol–water partition coefficient (Wildman–Crippen LogP) is -76.6. The molecule has 110 heteroatoms. The van der Waals surface area contributed by atoms with Gasteiger partial charge in [-0.2, -0.15) is 0 Å². The molecule has 0 saturated heterocycles. The van der Waals surface area contributed by atoms with E-state index in [0.29, 0.717) is 0 Å². The third-order valence-electron chi connectivity index (χ3n) is 0. The van der Waals surface area contributed by atoms with Crippen molar-refractivity contribution in [2.45, 2.75) is 0 Å².